The molecule has 0 saturated carbocycles. The monoisotopic (exact) mass is 242 g/mol. The molecule has 0 aliphatic carbocycles. The van der Waals surface area contributed by atoms with Crippen molar-refractivity contribution >= 4 is 0 Å². The van der Waals surface area contributed by atoms with Crippen LogP contribution >= 0.6 is 0 Å². The van der Waals surface area contributed by atoms with Crippen LogP contribution in [-0.4, -0.2) is 5.11 Å². The summed E-state index contributed by atoms with van der Waals surface area (Å²) >= 11 is 0. The van der Waals surface area contributed by atoms with Crippen LogP contribution in [0.15, 0.2) is 48.5 Å². The Balaban J connectivity index is 2.13. The summed E-state index contributed by atoms with van der Waals surface area (Å²) in [7, 11) is 0. The normalized spacial score (nSPS) is 12.2. The third kappa shape index (κ3) is 3.11. The average Bonchev–Trinajstić information content (AvgIpc) is 2.39. The lowest BCUT2D eigenvalue weighted by Gasteiger charge is -2.09. The predicted octanol–water partition coefficient (Wildman–Crippen LogP) is 4.09. The zero-order chi connectivity index (χ0) is 13.0. The molecule has 0 aliphatic rings. The number of benzene rings is 2. The molecule has 0 fully saturated rings. The van der Waals surface area contributed by atoms with E-state index in [1.54, 1.807) is 6.92 Å². The van der Waals surface area contributed by atoms with Gasteiger partial charge in [0.2, 0.25) is 0 Å². The van der Waals surface area contributed by atoms with Gasteiger partial charge in [-0.3, -0.25) is 0 Å². The lowest BCUT2D eigenvalue weighted by molar-refractivity contribution is 0.199. The van der Waals surface area contributed by atoms with Crippen LogP contribution in [0.25, 0.3) is 0 Å². The van der Waals surface area contributed by atoms with Gasteiger partial charge in [-0.05, 0) is 48.7 Å². The molecule has 0 unspecified atom stereocenters. The standard InChI is InChI=1S/C16H18O2/c1-3-13-5-4-6-16(11-13)18-15-9-7-14(8-10-15)12(2)17/h4-12,17H,3H2,1-2H3/t12-/m0/s1. The molecule has 0 saturated heterocycles. The number of ether oxygens (including phenoxy) is 1. The van der Waals surface area contributed by atoms with E-state index in [-0.39, 0.29) is 0 Å². The number of aliphatic hydroxyl groups is 1. The van der Waals surface area contributed by atoms with Crippen LogP contribution in [0.4, 0.5) is 0 Å². The topological polar surface area (TPSA) is 29.5 Å². The summed E-state index contributed by atoms with van der Waals surface area (Å²) in [6.45, 7) is 3.87. The lowest BCUT2D eigenvalue weighted by atomic mass is 10.1. The van der Waals surface area contributed by atoms with Crippen LogP contribution in [0.2, 0.25) is 0 Å². The minimum absolute atomic E-state index is 0.442. The lowest BCUT2D eigenvalue weighted by Crippen LogP contribution is -1.91. The quantitative estimate of drug-likeness (QED) is 0.874. The maximum atomic E-state index is 9.43. The summed E-state index contributed by atoms with van der Waals surface area (Å²) in [5.41, 5.74) is 2.15. The van der Waals surface area contributed by atoms with Crippen molar-refractivity contribution in [3.8, 4) is 11.5 Å². The molecule has 0 spiro atoms. The van der Waals surface area contributed by atoms with Gasteiger partial charge in [0.15, 0.2) is 0 Å². The summed E-state index contributed by atoms with van der Waals surface area (Å²) in [5, 5.41) is 9.43. The van der Waals surface area contributed by atoms with Crippen molar-refractivity contribution in [1.29, 1.82) is 0 Å². The number of hydrogen-bond acceptors (Lipinski definition) is 2. The van der Waals surface area contributed by atoms with Gasteiger partial charge < -0.3 is 9.84 Å². The molecular formula is C16H18O2. The Morgan fingerprint density at radius 3 is 2.39 bits per heavy atom. The molecule has 2 rings (SSSR count). The fourth-order valence-corrected chi connectivity index (χ4v) is 1.78. The highest BCUT2D eigenvalue weighted by molar-refractivity contribution is 5.35. The van der Waals surface area contributed by atoms with Crippen molar-refractivity contribution in [2.45, 2.75) is 26.4 Å². The maximum absolute atomic E-state index is 9.43. The van der Waals surface area contributed by atoms with Crippen LogP contribution < -0.4 is 4.74 Å². The van der Waals surface area contributed by atoms with Gasteiger partial charge >= 0.3 is 0 Å². The summed E-state index contributed by atoms with van der Waals surface area (Å²) in [4.78, 5) is 0. The van der Waals surface area contributed by atoms with Crippen LogP contribution in [-0.2, 0) is 6.42 Å². The summed E-state index contributed by atoms with van der Waals surface area (Å²) < 4.78 is 5.77. The minimum Gasteiger partial charge on any atom is -0.457 e. The molecule has 2 nitrogen and oxygen atoms in total. The SMILES string of the molecule is CCc1cccc(Oc2ccc([C@H](C)O)cc2)c1. The van der Waals surface area contributed by atoms with Gasteiger partial charge in [0.25, 0.3) is 0 Å². The molecule has 1 atom stereocenters. The van der Waals surface area contributed by atoms with E-state index < -0.39 is 6.10 Å². The smallest absolute Gasteiger partial charge is 0.127 e. The largest absolute Gasteiger partial charge is 0.457 e. The third-order valence-electron chi connectivity index (χ3n) is 2.90. The van der Waals surface area contributed by atoms with Crippen LogP contribution in [0.5, 0.6) is 11.5 Å². The van der Waals surface area contributed by atoms with Gasteiger partial charge in [0.1, 0.15) is 11.5 Å². The van der Waals surface area contributed by atoms with Crippen LogP contribution in [0.3, 0.4) is 0 Å². The first-order valence-corrected chi connectivity index (χ1v) is 6.24. The van der Waals surface area contributed by atoms with Crippen LogP contribution in [0.1, 0.15) is 31.1 Å². The highest BCUT2D eigenvalue weighted by Crippen LogP contribution is 2.24. The molecule has 0 aliphatic heterocycles. The van der Waals surface area contributed by atoms with E-state index in [0.29, 0.717) is 0 Å². The van der Waals surface area contributed by atoms with E-state index in [0.717, 1.165) is 23.5 Å². The molecule has 2 aromatic carbocycles. The van der Waals surface area contributed by atoms with E-state index in [1.165, 1.54) is 5.56 Å². The third-order valence-corrected chi connectivity index (χ3v) is 2.90. The maximum Gasteiger partial charge on any atom is 0.127 e. The van der Waals surface area contributed by atoms with E-state index in [9.17, 15) is 5.11 Å². The molecule has 2 aromatic rings. The second-order valence-corrected chi connectivity index (χ2v) is 4.35. The van der Waals surface area contributed by atoms with E-state index in [1.807, 2.05) is 42.5 Å². The Labute approximate surface area is 108 Å². The van der Waals surface area contributed by atoms with Gasteiger partial charge in [-0.2, -0.15) is 0 Å². The highest BCUT2D eigenvalue weighted by atomic mass is 16.5. The van der Waals surface area contributed by atoms with Crippen LogP contribution in [0, 0.1) is 0 Å². The van der Waals surface area contributed by atoms with Crippen molar-refractivity contribution in [2.24, 2.45) is 0 Å². The molecule has 2 heteroatoms. The van der Waals surface area contributed by atoms with E-state index in [4.69, 9.17) is 4.74 Å². The average molecular weight is 242 g/mol. The molecular weight excluding hydrogens is 224 g/mol. The first-order valence-electron chi connectivity index (χ1n) is 6.24. The number of aliphatic hydroxyl groups excluding tert-OH is 1. The first kappa shape index (κ1) is 12.7. The zero-order valence-electron chi connectivity index (χ0n) is 10.8. The summed E-state index contributed by atoms with van der Waals surface area (Å²) in [6.07, 6.45) is 0.556. The second-order valence-electron chi connectivity index (χ2n) is 4.35. The molecule has 18 heavy (non-hydrogen) atoms. The Kier molecular flexibility index (Phi) is 4.00. The van der Waals surface area contributed by atoms with Gasteiger partial charge in [0, 0.05) is 0 Å². The molecule has 0 aromatic heterocycles. The van der Waals surface area contributed by atoms with Crippen molar-refractivity contribution in [3.63, 3.8) is 0 Å². The Bertz CT molecular complexity index is 501. The Morgan fingerprint density at radius 1 is 1.06 bits per heavy atom. The van der Waals surface area contributed by atoms with E-state index in [2.05, 4.69) is 13.0 Å². The van der Waals surface area contributed by atoms with E-state index >= 15 is 0 Å². The van der Waals surface area contributed by atoms with Crippen molar-refractivity contribution < 1.29 is 9.84 Å². The number of rotatable bonds is 4. The van der Waals surface area contributed by atoms with Gasteiger partial charge in [-0.1, -0.05) is 31.2 Å². The highest BCUT2D eigenvalue weighted by Gasteiger charge is 2.02. The fourth-order valence-electron chi connectivity index (χ4n) is 1.78. The zero-order valence-corrected chi connectivity index (χ0v) is 10.8. The molecule has 1 N–H and O–H groups in total. The molecule has 0 radical (unpaired) electrons. The summed E-state index contributed by atoms with van der Waals surface area (Å²) in [6, 6.07) is 15.6. The van der Waals surface area contributed by atoms with Gasteiger partial charge in [-0.25, -0.2) is 0 Å². The second kappa shape index (κ2) is 5.69. The summed E-state index contributed by atoms with van der Waals surface area (Å²) in [5.74, 6) is 1.63. The van der Waals surface area contributed by atoms with Crippen molar-refractivity contribution in [3.05, 3.63) is 59.7 Å². The number of hydrogen-bond donors (Lipinski definition) is 1. The first-order chi connectivity index (χ1) is 8.69. The molecule has 94 valence electrons. The molecule has 0 heterocycles. The van der Waals surface area contributed by atoms with Gasteiger partial charge in [-0.15, -0.1) is 0 Å². The number of aryl methyl sites for hydroxylation is 1. The Morgan fingerprint density at radius 2 is 1.78 bits per heavy atom. The Hall–Kier alpha value is -1.80. The molecule has 0 amide bonds. The van der Waals surface area contributed by atoms with Gasteiger partial charge in [0.05, 0.1) is 6.10 Å². The van der Waals surface area contributed by atoms with Crippen molar-refractivity contribution in [1.82, 2.24) is 0 Å². The fraction of sp³-hybridized carbons (Fsp3) is 0.250. The minimum atomic E-state index is -0.442. The predicted molar refractivity (Wildman–Crippen MR) is 73.0 cm³/mol. The van der Waals surface area contributed by atoms with Crippen molar-refractivity contribution in [2.75, 3.05) is 0 Å². The molecule has 0 bridgehead atoms.